The molecular formula is C23H22N4O4. The van der Waals surface area contributed by atoms with Gasteiger partial charge in [-0.3, -0.25) is 14.3 Å². The second-order valence-electron chi connectivity index (χ2n) is 7.66. The van der Waals surface area contributed by atoms with Gasteiger partial charge in [0.25, 0.3) is 5.91 Å². The summed E-state index contributed by atoms with van der Waals surface area (Å²) in [4.78, 5) is 26.0. The lowest BCUT2D eigenvalue weighted by atomic mass is 9.81. The van der Waals surface area contributed by atoms with E-state index in [1.54, 1.807) is 36.0 Å². The van der Waals surface area contributed by atoms with Crippen LogP contribution in [0, 0.1) is 6.92 Å². The second-order valence-corrected chi connectivity index (χ2v) is 7.66. The summed E-state index contributed by atoms with van der Waals surface area (Å²) < 4.78 is 13.1. The Morgan fingerprint density at radius 1 is 1.13 bits per heavy atom. The molecule has 0 bridgehead atoms. The third kappa shape index (κ3) is 3.30. The van der Waals surface area contributed by atoms with Crippen molar-refractivity contribution in [2.24, 2.45) is 7.05 Å². The van der Waals surface area contributed by atoms with Crippen molar-refractivity contribution >= 4 is 17.6 Å². The molecular weight excluding hydrogens is 396 g/mol. The van der Waals surface area contributed by atoms with Crippen LogP contribution in [-0.4, -0.2) is 40.9 Å². The Morgan fingerprint density at radius 2 is 1.87 bits per heavy atom. The molecule has 2 atom stereocenters. The first kappa shape index (κ1) is 19.2. The highest BCUT2D eigenvalue weighted by atomic mass is 16.6. The topological polar surface area (TPSA) is 94.5 Å². The van der Waals surface area contributed by atoms with Crippen molar-refractivity contribution < 1.29 is 19.1 Å². The van der Waals surface area contributed by atoms with E-state index in [0.29, 0.717) is 36.1 Å². The normalized spacial score (nSPS) is 19.4. The van der Waals surface area contributed by atoms with Crippen molar-refractivity contribution in [3.05, 3.63) is 70.9 Å². The molecule has 5 rings (SSSR count). The molecule has 1 aromatic heterocycles. The van der Waals surface area contributed by atoms with Crippen molar-refractivity contribution in [2.75, 3.05) is 18.5 Å². The first-order valence-corrected chi connectivity index (χ1v) is 10.1. The molecule has 8 nitrogen and oxygen atoms in total. The van der Waals surface area contributed by atoms with Gasteiger partial charge in [-0.05, 0) is 36.8 Å². The summed E-state index contributed by atoms with van der Waals surface area (Å²) in [6, 6.07) is 13.7. The predicted octanol–water partition coefficient (Wildman–Crippen LogP) is 2.38. The Morgan fingerprint density at radius 3 is 2.65 bits per heavy atom. The number of ether oxygens (including phenoxy) is 2. The molecule has 0 saturated heterocycles. The summed E-state index contributed by atoms with van der Waals surface area (Å²) in [7, 11) is 1.79. The summed E-state index contributed by atoms with van der Waals surface area (Å²) in [5, 5.41) is 10.3. The van der Waals surface area contributed by atoms with Crippen LogP contribution >= 0.6 is 0 Å². The highest BCUT2D eigenvalue weighted by Gasteiger charge is 2.41. The molecule has 2 N–H and O–H groups in total. The molecule has 0 radical (unpaired) electrons. The molecule has 0 spiro atoms. The number of nitrogens with zero attached hydrogens (tertiary/aromatic N) is 2. The van der Waals surface area contributed by atoms with Crippen LogP contribution in [0.25, 0.3) is 0 Å². The van der Waals surface area contributed by atoms with Crippen molar-refractivity contribution in [3.8, 4) is 11.5 Å². The Hall–Kier alpha value is -3.81. The molecule has 2 amide bonds. The van der Waals surface area contributed by atoms with Crippen LogP contribution in [0.2, 0.25) is 0 Å². The largest absolute Gasteiger partial charge is 0.486 e. The number of hydrogen-bond acceptors (Lipinski definition) is 5. The number of aryl methyl sites for hydroxylation is 2. The third-order valence-electron chi connectivity index (χ3n) is 5.68. The van der Waals surface area contributed by atoms with Gasteiger partial charge >= 0.3 is 0 Å². The Labute approximate surface area is 179 Å². The average Bonchev–Trinajstić information content (AvgIpc) is 3.07. The van der Waals surface area contributed by atoms with Gasteiger partial charge in [-0.1, -0.05) is 24.3 Å². The standard InChI is InChI=1S/C23H22N4O4/c1-13-18-19(15-8-9-16-17(12-15)31-11-10-30-16)20(23(29)25-21(18)27(2)26-13)24-22(28)14-6-4-3-5-7-14/h3-9,12,19-20H,10-11H2,1-2H3,(H,24,28)(H,25,29)/t19-,20+/m0/s1. The molecule has 2 aliphatic heterocycles. The van der Waals surface area contributed by atoms with Crippen LogP contribution in [0.5, 0.6) is 11.5 Å². The Kier molecular flexibility index (Phi) is 4.62. The number of carbonyl (C=O) groups is 2. The van der Waals surface area contributed by atoms with E-state index in [-0.39, 0.29) is 11.8 Å². The Bertz CT molecular complexity index is 1170. The van der Waals surface area contributed by atoms with Gasteiger partial charge in [0.1, 0.15) is 25.1 Å². The van der Waals surface area contributed by atoms with E-state index in [1.165, 1.54) is 0 Å². The van der Waals surface area contributed by atoms with Crippen molar-refractivity contribution in [1.82, 2.24) is 15.1 Å². The second kappa shape index (κ2) is 7.46. The van der Waals surface area contributed by atoms with E-state index in [2.05, 4.69) is 15.7 Å². The summed E-state index contributed by atoms with van der Waals surface area (Å²) >= 11 is 0. The van der Waals surface area contributed by atoms with Gasteiger partial charge in [0.05, 0.1) is 5.69 Å². The van der Waals surface area contributed by atoms with E-state index in [0.717, 1.165) is 16.8 Å². The number of hydrogen-bond donors (Lipinski definition) is 2. The van der Waals surface area contributed by atoms with Crippen LogP contribution in [0.4, 0.5) is 5.82 Å². The van der Waals surface area contributed by atoms with Gasteiger partial charge in [-0.2, -0.15) is 5.10 Å². The van der Waals surface area contributed by atoms with Crippen LogP contribution < -0.4 is 20.1 Å². The lowest BCUT2D eigenvalue weighted by Crippen LogP contribution is -2.50. The number of nitrogens with one attached hydrogen (secondary N) is 2. The quantitative estimate of drug-likeness (QED) is 0.681. The van der Waals surface area contributed by atoms with Gasteiger partial charge in [0.15, 0.2) is 11.5 Å². The van der Waals surface area contributed by atoms with E-state index in [9.17, 15) is 9.59 Å². The molecule has 3 heterocycles. The summed E-state index contributed by atoms with van der Waals surface area (Å²) in [5.74, 6) is 0.899. The van der Waals surface area contributed by atoms with Crippen LogP contribution in [0.1, 0.15) is 33.1 Å². The predicted molar refractivity (Wildman–Crippen MR) is 114 cm³/mol. The van der Waals surface area contributed by atoms with Crippen LogP contribution in [0.15, 0.2) is 48.5 Å². The van der Waals surface area contributed by atoms with Gasteiger partial charge in [-0.25, -0.2) is 0 Å². The van der Waals surface area contributed by atoms with Crippen molar-refractivity contribution in [1.29, 1.82) is 0 Å². The van der Waals surface area contributed by atoms with Crippen LogP contribution in [-0.2, 0) is 11.8 Å². The Balaban J connectivity index is 1.60. The number of fused-ring (bicyclic) bond motifs is 2. The number of carbonyl (C=O) groups excluding carboxylic acids is 2. The highest BCUT2D eigenvalue weighted by Crippen LogP contribution is 2.42. The van der Waals surface area contributed by atoms with Crippen molar-refractivity contribution in [3.63, 3.8) is 0 Å². The van der Waals surface area contributed by atoms with E-state index >= 15 is 0 Å². The zero-order chi connectivity index (χ0) is 21.5. The number of anilines is 1. The molecule has 8 heteroatoms. The molecule has 31 heavy (non-hydrogen) atoms. The molecule has 0 fully saturated rings. The van der Waals surface area contributed by atoms with E-state index in [1.807, 2.05) is 31.2 Å². The monoisotopic (exact) mass is 418 g/mol. The van der Waals surface area contributed by atoms with Gasteiger partial charge in [-0.15, -0.1) is 0 Å². The minimum absolute atomic E-state index is 0.292. The SMILES string of the molecule is Cc1nn(C)c2c1[C@H](c1ccc3c(c1)OCCO3)[C@@H](NC(=O)c1ccccc1)C(=O)N2. The number of amides is 2. The fourth-order valence-electron chi connectivity index (χ4n) is 4.28. The fraction of sp³-hybridized carbons (Fsp3) is 0.261. The molecule has 0 unspecified atom stereocenters. The molecule has 0 aliphatic carbocycles. The fourth-order valence-corrected chi connectivity index (χ4v) is 4.28. The number of rotatable bonds is 3. The zero-order valence-electron chi connectivity index (χ0n) is 17.2. The summed E-state index contributed by atoms with van der Waals surface area (Å²) in [6.07, 6.45) is 0. The van der Waals surface area contributed by atoms with Gasteiger partial charge in [0.2, 0.25) is 5.91 Å². The minimum atomic E-state index is -0.814. The summed E-state index contributed by atoms with van der Waals surface area (Å²) in [6.45, 7) is 2.87. The zero-order valence-corrected chi connectivity index (χ0v) is 17.2. The average molecular weight is 418 g/mol. The summed E-state index contributed by atoms with van der Waals surface area (Å²) in [5.41, 5.74) is 2.99. The smallest absolute Gasteiger partial charge is 0.251 e. The third-order valence-corrected chi connectivity index (χ3v) is 5.68. The number of aromatic nitrogens is 2. The van der Waals surface area contributed by atoms with Gasteiger partial charge in [0, 0.05) is 24.1 Å². The maximum Gasteiger partial charge on any atom is 0.251 e. The molecule has 2 aromatic carbocycles. The molecule has 158 valence electrons. The maximum atomic E-state index is 13.1. The first-order valence-electron chi connectivity index (χ1n) is 10.1. The maximum absolute atomic E-state index is 13.1. The van der Waals surface area contributed by atoms with Crippen LogP contribution in [0.3, 0.4) is 0 Å². The lowest BCUT2D eigenvalue weighted by molar-refractivity contribution is -0.118. The van der Waals surface area contributed by atoms with E-state index in [4.69, 9.17) is 9.47 Å². The van der Waals surface area contributed by atoms with E-state index < -0.39 is 12.0 Å². The molecule has 0 saturated carbocycles. The first-order chi connectivity index (χ1) is 15.0. The minimum Gasteiger partial charge on any atom is -0.486 e. The van der Waals surface area contributed by atoms with Gasteiger partial charge < -0.3 is 20.1 Å². The van der Waals surface area contributed by atoms with Crippen molar-refractivity contribution in [2.45, 2.75) is 18.9 Å². The highest BCUT2D eigenvalue weighted by molar-refractivity contribution is 6.03. The number of benzene rings is 2. The molecule has 3 aromatic rings. The molecule has 2 aliphatic rings. The lowest BCUT2D eigenvalue weighted by Gasteiger charge is -2.33.